The Hall–Kier alpha value is -0.380. The maximum Gasteiger partial charge on any atom is 0.0740 e. The number of hydrogen-bond acceptors (Lipinski definition) is 2. The van der Waals surface area contributed by atoms with E-state index in [1.165, 1.54) is 12.1 Å². The number of piperidine rings is 1. The fraction of sp³-hybridized carbons (Fsp3) is 0.571. The minimum atomic E-state index is -0.478. The van der Waals surface area contributed by atoms with Gasteiger partial charge in [0.15, 0.2) is 0 Å². The van der Waals surface area contributed by atoms with E-state index in [4.69, 9.17) is 0 Å². The van der Waals surface area contributed by atoms with Gasteiger partial charge in [-0.3, -0.25) is 0 Å². The molecule has 2 heterocycles. The number of nitrogens with zero attached hydrogens (tertiary/aromatic N) is 1. The lowest BCUT2D eigenvalue weighted by atomic mass is 9.78. The van der Waals surface area contributed by atoms with Gasteiger partial charge in [-0.05, 0) is 37.1 Å². The zero-order valence-electron chi connectivity index (χ0n) is 9.90. The van der Waals surface area contributed by atoms with Crippen molar-refractivity contribution >= 4 is 15.9 Å². The molecule has 0 aliphatic carbocycles. The smallest absolute Gasteiger partial charge is 0.0740 e. The lowest BCUT2D eigenvalue weighted by Gasteiger charge is -2.39. The van der Waals surface area contributed by atoms with Crippen LogP contribution < -0.4 is 0 Å². The van der Waals surface area contributed by atoms with Crippen molar-refractivity contribution in [1.82, 2.24) is 4.90 Å². The zero-order valence-corrected chi connectivity index (χ0v) is 11.5. The van der Waals surface area contributed by atoms with Crippen LogP contribution in [0.25, 0.3) is 0 Å². The molecule has 0 spiro atoms. The Balaban J connectivity index is 1.79. The average molecular weight is 296 g/mol. The van der Waals surface area contributed by atoms with E-state index in [0.717, 1.165) is 36.8 Å². The molecular weight excluding hydrogens is 278 g/mol. The van der Waals surface area contributed by atoms with Gasteiger partial charge < -0.3 is 10.0 Å². The summed E-state index contributed by atoms with van der Waals surface area (Å²) >= 11 is 3.50. The predicted molar refractivity (Wildman–Crippen MR) is 72.0 cm³/mol. The van der Waals surface area contributed by atoms with Gasteiger partial charge in [-0.25, -0.2) is 0 Å². The number of benzene rings is 1. The van der Waals surface area contributed by atoms with Crippen molar-refractivity contribution in [3.8, 4) is 0 Å². The van der Waals surface area contributed by atoms with Gasteiger partial charge in [-0.1, -0.05) is 28.1 Å². The Morgan fingerprint density at radius 1 is 1.41 bits per heavy atom. The third-order valence-electron chi connectivity index (χ3n) is 4.29. The molecule has 0 saturated carbocycles. The molecule has 1 aromatic rings. The molecule has 2 fully saturated rings. The van der Waals surface area contributed by atoms with Crippen LogP contribution in [0.15, 0.2) is 28.7 Å². The third kappa shape index (κ3) is 2.28. The van der Waals surface area contributed by atoms with E-state index in [-0.39, 0.29) is 0 Å². The van der Waals surface area contributed by atoms with Crippen molar-refractivity contribution in [2.45, 2.75) is 24.9 Å². The lowest BCUT2D eigenvalue weighted by Crippen LogP contribution is -2.47. The molecule has 1 aromatic carbocycles. The monoisotopic (exact) mass is 295 g/mol. The highest BCUT2D eigenvalue weighted by Crippen LogP contribution is 2.37. The van der Waals surface area contributed by atoms with Gasteiger partial charge in [-0.15, -0.1) is 0 Å². The SMILES string of the molecule is OC1(Cc2cccc(Br)c2)CCN2CCC1C2. The number of aliphatic hydroxyl groups is 1. The number of halogens is 1. The molecule has 2 bridgehead atoms. The van der Waals surface area contributed by atoms with Crippen LogP contribution in [-0.4, -0.2) is 35.2 Å². The summed E-state index contributed by atoms with van der Waals surface area (Å²) in [6.45, 7) is 3.32. The summed E-state index contributed by atoms with van der Waals surface area (Å²) in [5.74, 6) is 0.468. The first-order valence-electron chi connectivity index (χ1n) is 6.35. The standard InChI is InChI=1S/C14H18BrNO/c15-13-3-1-2-11(8-13)9-14(17)5-7-16-6-4-12(14)10-16/h1-3,8,12,17H,4-7,9-10H2. The minimum absolute atomic E-state index is 0.468. The maximum absolute atomic E-state index is 10.9. The Morgan fingerprint density at radius 3 is 3.12 bits per heavy atom. The first-order chi connectivity index (χ1) is 8.16. The van der Waals surface area contributed by atoms with E-state index < -0.39 is 5.60 Å². The molecule has 0 radical (unpaired) electrons. The summed E-state index contributed by atoms with van der Waals surface area (Å²) in [6.07, 6.45) is 2.87. The van der Waals surface area contributed by atoms with Crippen molar-refractivity contribution in [1.29, 1.82) is 0 Å². The Kier molecular flexibility index (Phi) is 3.01. The van der Waals surface area contributed by atoms with Crippen LogP contribution in [0, 0.1) is 5.92 Å². The Bertz CT molecular complexity index is 422. The van der Waals surface area contributed by atoms with E-state index in [0.29, 0.717) is 5.92 Å². The van der Waals surface area contributed by atoms with Crippen LogP contribution in [0.3, 0.4) is 0 Å². The van der Waals surface area contributed by atoms with Gasteiger partial charge in [0.05, 0.1) is 5.60 Å². The normalized spacial score (nSPS) is 36.1. The van der Waals surface area contributed by atoms with E-state index in [1.807, 2.05) is 12.1 Å². The molecular formula is C14H18BrNO. The van der Waals surface area contributed by atoms with E-state index in [2.05, 4.69) is 33.0 Å². The summed E-state index contributed by atoms with van der Waals surface area (Å²) in [5, 5.41) is 10.9. The predicted octanol–water partition coefficient (Wildman–Crippen LogP) is 2.45. The Labute approximate surface area is 111 Å². The van der Waals surface area contributed by atoms with Crippen molar-refractivity contribution < 1.29 is 5.11 Å². The van der Waals surface area contributed by atoms with Crippen LogP contribution in [-0.2, 0) is 6.42 Å². The van der Waals surface area contributed by atoms with Gasteiger partial charge >= 0.3 is 0 Å². The topological polar surface area (TPSA) is 23.5 Å². The summed E-state index contributed by atoms with van der Waals surface area (Å²) in [4.78, 5) is 2.47. The third-order valence-corrected chi connectivity index (χ3v) is 4.79. The number of rotatable bonds is 2. The van der Waals surface area contributed by atoms with Gasteiger partial charge in [-0.2, -0.15) is 0 Å². The van der Waals surface area contributed by atoms with Gasteiger partial charge in [0.25, 0.3) is 0 Å². The molecule has 3 heteroatoms. The molecule has 0 amide bonds. The average Bonchev–Trinajstić information content (AvgIpc) is 2.70. The van der Waals surface area contributed by atoms with Crippen molar-refractivity contribution in [2.75, 3.05) is 19.6 Å². The fourth-order valence-corrected chi connectivity index (χ4v) is 3.71. The molecule has 2 aliphatic rings. The highest BCUT2D eigenvalue weighted by Gasteiger charge is 2.44. The molecule has 1 N–H and O–H groups in total. The molecule has 0 aromatic heterocycles. The number of fused-ring (bicyclic) bond motifs is 2. The lowest BCUT2D eigenvalue weighted by molar-refractivity contribution is -0.0438. The Morgan fingerprint density at radius 2 is 2.29 bits per heavy atom. The van der Waals surface area contributed by atoms with Crippen LogP contribution in [0.1, 0.15) is 18.4 Å². The van der Waals surface area contributed by atoms with E-state index in [9.17, 15) is 5.11 Å². The van der Waals surface area contributed by atoms with Crippen LogP contribution in [0.5, 0.6) is 0 Å². The van der Waals surface area contributed by atoms with Crippen LogP contribution >= 0.6 is 15.9 Å². The van der Waals surface area contributed by atoms with Crippen LogP contribution in [0.2, 0.25) is 0 Å². The highest BCUT2D eigenvalue weighted by molar-refractivity contribution is 9.10. The first kappa shape index (κ1) is 11.7. The molecule has 92 valence electrons. The van der Waals surface area contributed by atoms with E-state index in [1.54, 1.807) is 0 Å². The minimum Gasteiger partial charge on any atom is -0.389 e. The second-order valence-electron chi connectivity index (χ2n) is 5.45. The fourth-order valence-electron chi connectivity index (χ4n) is 3.26. The van der Waals surface area contributed by atoms with E-state index >= 15 is 0 Å². The van der Waals surface area contributed by atoms with Crippen molar-refractivity contribution in [3.05, 3.63) is 34.3 Å². The van der Waals surface area contributed by atoms with Crippen molar-refractivity contribution in [2.24, 2.45) is 5.92 Å². The quantitative estimate of drug-likeness (QED) is 0.906. The summed E-state index contributed by atoms with van der Waals surface area (Å²) < 4.78 is 1.10. The second kappa shape index (κ2) is 4.38. The highest BCUT2D eigenvalue weighted by atomic mass is 79.9. The molecule has 2 aliphatic heterocycles. The molecule has 3 atom stereocenters. The number of hydrogen-bond donors (Lipinski definition) is 1. The molecule has 2 saturated heterocycles. The van der Waals surface area contributed by atoms with Gasteiger partial charge in [0.2, 0.25) is 0 Å². The molecule has 2 nitrogen and oxygen atoms in total. The molecule has 3 rings (SSSR count). The molecule has 3 unspecified atom stereocenters. The first-order valence-corrected chi connectivity index (χ1v) is 7.14. The largest absolute Gasteiger partial charge is 0.389 e. The summed E-state index contributed by atoms with van der Waals surface area (Å²) in [7, 11) is 0. The van der Waals surface area contributed by atoms with Gasteiger partial charge in [0.1, 0.15) is 0 Å². The van der Waals surface area contributed by atoms with Crippen LogP contribution in [0.4, 0.5) is 0 Å². The summed E-state index contributed by atoms with van der Waals surface area (Å²) in [6, 6.07) is 8.32. The zero-order chi connectivity index (χ0) is 11.9. The summed E-state index contributed by atoms with van der Waals surface area (Å²) in [5.41, 5.74) is 0.760. The second-order valence-corrected chi connectivity index (χ2v) is 6.36. The molecule has 17 heavy (non-hydrogen) atoms. The maximum atomic E-state index is 10.9. The van der Waals surface area contributed by atoms with Gasteiger partial charge in [0, 0.05) is 29.9 Å². The van der Waals surface area contributed by atoms with Crippen molar-refractivity contribution in [3.63, 3.8) is 0 Å².